The highest BCUT2D eigenvalue weighted by molar-refractivity contribution is 7.19. The zero-order valence-electron chi connectivity index (χ0n) is 25.1. The minimum Gasteiger partial charge on any atom is -0.455 e. The second-order valence-corrected chi connectivity index (χ2v) is 13.9. The second kappa shape index (κ2) is 8.74. The molecule has 0 bridgehead atoms. The largest absolute Gasteiger partial charge is 0.455 e. The minimum atomic E-state index is 0.472. The third kappa shape index (κ3) is 3.15. The molecular weight excluding hydrogens is 555 g/mol. The maximum Gasteiger partial charge on any atom is 0.145 e. The van der Waals surface area contributed by atoms with Gasteiger partial charge in [0, 0.05) is 37.7 Å². The fourth-order valence-corrected chi connectivity index (χ4v) is 9.73. The van der Waals surface area contributed by atoms with E-state index in [4.69, 9.17) is 4.42 Å². The van der Waals surface area contributed by atoms with Crippen LogP contribution in [-0.4, -0.2) is 4.57 Å². The Labute approximate surface area is 259 Å². The van der Waals surface area contributed by atoms with Crippen LogP contribution in [0.1, 0.15) is 46.5 Å². The summed E-state index contributed by atoms with van der Waals surface area (Å²) >= 11 is 1.99. The van der Waals surface area contributed by atoms with Crippen LogP contribution in [0.3, 0.4) is 0 Å². The Bertz CT molecular complexity index is 2570. The van der Waals surface area contributed by atoms with E-state index in [-0.39, 0.29) is 0 Å². The van der Waals surface area contributed by atoms with Gasteiger partial charge in [0.25, 0.3) is 0 Å². The van der Waals surface area contributed by atoms with Gasteiger partial charge in [0.15, 0.2) is 0 Å². The number of benzene rings is 5. The molecule has 0 fully saturated rings. The Balaban J connectivity index is 1.24. The first-order valence-corrected chi connectivity index (χ1v) is 16.6. The summed E-state index contributed by atoms with van der Waals surface area (Å²) in [6.45, 7) is 7.90. The lowest BCUT2D eigenvalue weighted by atomic mass is 9.80. The van der Waals surface area contributed by atoms with E-state index in [0.29, 0.717) is 5.92 Å². The first-order chi connectivity index (χ1) is 21.6. The number of furan rings is 1. The molecule has 0 saturated heterocycles. The van der Waals surface area contributed by atoms with Crippen LogP contribution in [0.25, 0.3) is 76.6 Å². The summed E-state index contributed by atoms with van der Waals surface area (Å²) in [5, 5.41) is 6.28. The molecule has 10 rings (SSSR count). The van der Waals surface area contributed by atoms with Crippen molar-refractivity contribution in [3.05, 3.63) is 118 Å². The highest BCUT2D eigenvalue weighted by atomic mass is 32.1. The summed E-state index contributed by atoms with van der Waals surface area (Å²) in [5.41, 5.74) is 16.1. The fraction of sp³-hybridized carbons (Fsp3) is 0.171. The van der Waals surface area contributed by atoms with Gasteiger partial charge in [-0.15, -0.1) is 11.3 Å². The number of rotatable bonds is 2. The summed E-state index contributed by atoms with van der Waals surface area (Å²) in [4.78, 5) is 1.51. The average molecular weight is 586 g/mol. The third-order valence-electron chi connectivity index (χ3n) is 10.4. The van der Waals surface area contributed by atoms with E-state index in [0.717, 1.165) is 30.6 Å². The lowest BCUT2D eigenvalue weighted by Gasteiger charge is -2.25. The molecule has 5 aromatic carbocycles. The Morgan fingerprint density at radius 3 is 2.61 bits per heavy atom. The average Bonchev–Trinajstić information content (AvgIpc) is 3.77. The molecule has 0 N–H and O–H groups in total. The second-order valence-electron chi connectivity index (χ2n) is 12.8. The number of hydrogen-bond acceptors (Lipinski definition) is 2. The molecule has 0 spiro atoms. The van der Waals surface area contributed by atoms with Crippen molar-refractivity contribution in [3.8, 4) is 11.1 Å². The number of para-hydroxylation sites is 1. The number of hydrogen-bond donors (Lipinski definition) is 0. The van der Waals surface area contributed by atoms with Gasteiger partial charge in [-0.05, 0) is 114 Å². The molecule has 2 nitrogen and oxygen atoms in total. The van der Waals surface area contributed by atoms with Crippen molar-refractivity contribution in [2.24, 2.45) is 5.92 Å². The molecule has 3 heterocycles. The van der Waals surface area contributed by atoms with Crippen LogP contribution in [0.4, 0.5) is 0 Å². The van der Waals surface area contributed by atoms with Crippen LogP contribution in [0.5, 0.6) is 0 Å². The summed E-state index contributed by atoms with van der Waals surface area (Å²) in [6, 6.07) is 31.5. The van der Waals surface area contributed by atoms with Crippen LogP contribution in [0.2, 0.25) is 0 Å². The first-order valence-electron chi connectivity index (χ1n) is 15.8. The smallest absolute Gasteiger partial charge is 0.145 e. The zero-order chi connectivity index (χ0) is 29.3. The Hall–Kier alpha value is -4.60. The van der Waals surface area contributed by atoms with E-state index < -0.39 is 0 Å². The number of aromatic nitrogens is 1. The molecule has 8 aromatic rings. The third-order valence-corrected chi connectivity index (χ3v) is 11.6. The predicted molar refractivity (Wildman–Crippen MR) is 188 cm³/mol. The van der Waals surface area contributed by atoms with E-state index in [9.17, 15) is 0 Å². The zero-order valence-corrected chi connectivity index (χ0v) is 25.9. The fourth-order valence-electron chi connectivity index (χ4n) is 8.40. The van der Waals surface area contributed by atoms with Crippen molar-refractivity contribution in [2.45, 2.75) is 40.2 Å². The Kier molecular flexibility index (Phi) is 4.93. The van der Waals surface area contributed by atoms with Crippen LogP contribution in [0, 0.1) is 12.8 Å². The lowest BCUT2D eigenvalue weighted by Crippen LogP contribution is -2.10. The summed E-state index contributed by atoms with van der Waals surface area (Å²) in [5.74, 6) is 0.472. The van der Waals surface area contributed by atoms with Crippen molar-refractivity contribution in [1.82, 2.24) is 4.57 Å². The number of aryl methyl sites for hydroxylation is 2. The molecule has 0 saturated carbocycles. The van der Waals surface area contributed by atoms with Gasteiger partial charge in [-0.2, -0.15) is 0 Å². The minimum absolute atomic E-state index is 0.472. The molecule has 0 radical (unpaired) electrons. The highest BCUT2D eigenvalue weighted by Crippen LogP contribution is 2.49. The topological polar surface area (TPSA) is 18.1 Å². The number of fused-ring (bicyclic) bond motifs is 13. The number of nitrogens with zero attached hydrogens (tertiary/aromatic N) is 1. The molecular formula is C41H31NOS. The quantitative estimate of drug-likeness (QED) is 0.197. The molecule has 2 aliphatic rings. The highest BCUT2D eigenvalue weighted by Gasteiger charge is 2.29. The van der Waals surface area contributed by atoms with Gasteiger partial charge in [-0.1, -0.05) is 61.5 Å². The van der Waals surface area contributed by atoms with Crippen molar-refractivity contribution < 1.29 is 4.42 Å². The van der Waals surface area contributed by atoms with Gasteiger partial charge >= 0.3 is 0 Å². The van der Waals surface area contributed by atoms with Crippen LogP contribution in [0.15, 0.2) is 89.3 Å². The maximum atomic E-state index is 6.59. The van der Waals surface area contributed by atoms with Gasteiger partial charge in [-0.3, -0.25) is 0 Å². The van der Waals surface area contributed by atoms with Crippen LogP contribution in [-0.2, 0) is 19.4 Å². The maximum absolute atomic E-state index is 6.59. The Morgan fingerprint density at radius 2 is 1.70 bits per heavy atom. The van der Waals surface area contributed by atoms with Crippen molar-refractivity contribution in [3.63, 3.8) is 0 Å². The standard InChI is InChI=1S/C41H31NOS/c1-4-42-34-16-15-28-27-11-7-8-12-36(27)43-41(28)40(34)33-20-31-30-19-29(23(3)17-37(30)44-38(31)21-35(33)42)39-22(2)13-14-26-25-10-6-5-9-24(25)18-32(26)39/h5-16,19-21,23H,4,17-18H2,1-3H3. The molecule has 3 heteroatoms. The molecule has 212 valence electrons. The molecule has 3 aromatic heterocycles. The van der Waals surface area contributed by atoms with E-state index in [1.54, 1.807) is 0 Å². The summed E-state index contributed by atoms with van der Waals surface area (Å²) < 4.78 is 10.4. The molecule has 1 atom stereocenters. The summed E-state index contributed by atoms with van der Waals surface area (Å²) in [7, 11) is 0. The molecule has 2 aliphatic carbocycles. The molecule has 0 amide bonds. The normalized spacial score (nSPS) is 15.9. The number of allylic oxidation sites excluding steroid dienone is 1. The van der Waals surface area contributed by atoms with Crippen molar-refractivity contribution in [1.29, 1.82) is 0 Å². The lowest BCUT2D eigenvalue weighted by molar-refractivity contribution is 0.673. The van der Waals surface area contributed by atoms with Gasteiger partial charge in [0.2, 0.25) is 0 Å². The molecule has 1 unspecified atom stereocenters. The van der Waals surface area contributed by atoms with Gasteiger partial charge in [0.1, 0.15) is 11.2 Å². The van der Waals surface area contributed by atoms with Crippen molar-refractivity contribution >= 4 is 76.8 Å². The van der Waals surface area contributed by atoms with Crippen molar-refractivity contribution in [2.75, 3.05) is 0 Å². The molecule has 0 aliphatic heterocycles. The van der Waals surface area contributed by atoms with E-state index in [2.05, 4.69) is 116 Å². The monoisotopic (exact) mass is 585 g/mol. The Morgan fingerprint density at radius 1 is 0.841 bits per heavy atom. The van der Waals surface area contributed by atoms with Gasteiger partial charge in [0.05, 0.1) is 16.4 Å². The SMILES string of the molecule is CCn1c2cc3sc4c(c3cc2c2c3oc5ccccc5c3ccc21)C=C(c1c(C)ccc2c1Cc1ccccc1-2)C(C)C4. The van der Waals surface area contributed by atoms with Crippen LogP contribution >= 0.6 is 11.3 Å². The van der Waals surface area contributed by atoms with E-state index in [1.165, 1.54) is 92.1 Å². The first kappa shape index (κ1) is 24.8. The van der Waals surface area contributed by atoms with E-state index in [1.807, 2.05) is 11.3 Å². The predicted octanol–water partition coefficient (Wildman–Crippen LogP) is 11.5. The summed E-state index contributed by atoms with van der Waals surface area (Å²) in [6.07, 6.45) is 4.66. The van der Waals surface area contributed by atoms with Gasteiger partial charge < -0.3 is 8.98 Å². The number of thiophene rings is 1. The molecule has 44 heavy (non-hydrogen) atoms. The van der Waals surface area contributed by atoms with Crippen LogP contribution < -0.4 is 0 Å². The van der Waals surface area contributed by atoms with E-state index >= 15 is 0 Å². The van der Waals surface area contributed by atoms with Gasteiger partial charge in [-0.25, -0.2) is 0 Å².